The van der Waals surface area contributed by atoms with Gasteiger partial charge in [-0.15, -0.1) is 11.3 Å². The molecule has 1 aromatic heterocycles. The second-order valence-electron chi connectivity index (χ2n) is 6.75. The third-order valence-corrected chi connectivity index (χ3v) is 4.92. The number of thiazole rings is 1. The van der Waals surface area contributed by atoms with Crippen LogP contribution in [0.1, 0.15) is 62.3 Å². The summed E-state index contributed by atoms with van der Waals surface area (Å²) in [6, 6.07) is 0. The minimum Gasteiger partial charge on any atom is -0.462 e. The SMILES string of the molecule is CC(=O)OC[C@@H](OC(C)=O)[C@@H](OC(C)=O)[C@@H](OC(C)=O)[C@@H](OC(C)=O)c1cnc(C(C)=O)s1. The third kappa shape index (κ3) is 9.35. The largest absolute Gasteiger partial charge is 0.462 e. The Balaban J connectivity index is 3.61. The van der Waals surface area contributed by atoms with Gasteiger partial charge in [0.15, 0.2) is 35.2 Å². The van der Waals surface area contributed by atoms with Crippen LogP contribution in [0.4, 0.5) is 0 Å². The zero-order valence-electron chi connectivity index (χ0n) is 18.9. The minimum atomic E-state index is -1.57. The average molecular weight is 487 g/mol. The third-order valence-electron chi connectivity index (χ3n) is 3.76. The van der Waals surface area contributed by atoms with Crippen LogP contribution >= 0.6 is 11.3 Å². The molecule has 0 spiro atoms. The van der Waals surface area contributed by atoms with E-state index in [0.29, 0.717) is 0 Å². The lowest BCUT2D eigenvalue weighted by Crippen LogP contribution is -2.50. The van der Waals surface area contributed by atoms with E-state index in [1.54, 1.807) is 0 Å². The minimum absolute atomic E-state index is 0.0872. The number of ether oxygens (including phenoxy) is 5. The maximum atomic E-state index is 11.9. The molecule has 33 heavy (non-hydrogen) atoms. The van der Waals surface area contributed by atoms with Crippen LogP contribution in [-0.4, -0.2) is 65.5 Å². The van der Waals surface area contributed by atoms with Crippen LogP contribution < -0.4 is 0 Å². The van der Waals surface area contributed by atoms with Gasteiger partial charge >= 0.3 is 29.8 Å². The van der Waals surface area contributed by atoms with Gasteiger partial charge in [0.1, 0.15) is 6.61 Å². The molecule has 13 heteroatoms. The first kappa shape index (κ1) is 27.7. The van der Waals surface area contributed by atoms with Crippen LogP contribution in [0.2, 0.25) is 0 Å². The lowest BCUT2D eigenvalue weighted by Gasteiger charge is -2.34. The topological polar surface area (TPSA) is 161 Å². The number of carbonyl (C=O) groups excluding carboxylic acids is 6. The maximum Gasteiger partial charge on any atom is 0.303 e. The van der Waals surface area contributed by atoms with Crippen LogP contribution in [0.5, 0.6) is 0 Å². The van der Waals surface area contributed by atoms with Crippen LogP contribution in [-0.2, 0) is 47.7 Å². The molecular formula is C20H25NO11S. The van der Waals surface area contributed by atoms with E-state index >= 15 is 0 Å². The highest BCUT2D eigenvalue weighted by Gasteiger charge is 2.45. The van der Waals surface area contributed by atoms with E-state index in [-0.39, 0.29) is 15.7 Å². The van der Waals surface area contributed by atoms with Crippen molar-refractivity contribution in [2.45, 2.75) is 66.0 Å². The van der Waals surface area contributed by atoms with Gasteiger partial charge in [-0.1, -0.05) is 0 Å². The average Bonchev–Trinajstić information content (AvgIpc) is 3.15. The highest BCUT2D eigenvalue weighted by Crippen LogP contribution is 2.33. The summed E-state index contributed by atoms with van der Waals surface area (Å²) in [4.78, 5) is 74.5. The number of Topliss-reactive ketones (excluding diaryl/α,β-unsaturated/α-hetero) is 1. The monoisotopic (exact) mass is 487 g/mol. The predicted octanol–water partition coefficient (Wildman–Crippen LogP) is 1.31. The number of esters is 5. The van der Waals surface area contributed by atoms with Gasteiger partial charge in [-0.05, 0) is 0 Å². The predicted molar refractivity (Wildman–Crippen MR) is 110 cm³/mol. The number of hydrogen-bond donors (Lipinski definition) is 0. The van der Waals surface area contributed by atoms with Crippen molar-refractivity contribution in [1.29, 1.82) is 0 Å². The van der Waals surface area contributed by atoms with Crippen molar-refractivity contribution in [3.8, 4) is 0 Å². The smallest absolute Gasteiger partial charge is 0.303 e. The number of hydrogen-bond acceptors (Lipinski definition) is 13. The Morgan fingerprint density at radius 2 is 1.27 bits per heavy atom. The van der Waals surface area contributed by atoms with Crippen molar-refractivity contribution >= 4 is 47.0 Å². The molecule has 0 saturated heterocycles. The van der Waals surface area contributed by atoms with Crippen molar-refractivity contribution in [2.75, 3.05) is 6.61 Å². The van der Waals surface area contributed by atoms with E-state index in [1.165, 1.54) is 13.1 Å². The summed E-state index contributed by atoms with van der Waals surface area (Å²) < 4.78 is 26.1. The van der Waals surface area contributed by atoms with Crippen molar-refractivity contribution < 1.29 is 52.5 Å². The van der Waals surface area contributed by atoms with Gasteiger partial charge in [0.25, 0.3) is 0 Å². The van der Waals surface area contributed by atoms with E-state index < -0.39 is 60.9 Å². The van der Waals surface area contributed by atoms with Gasteiger partial charge in [0.05, 0.1) is 4.88 Å². The van der Waals surface area contributed by atoms with E-state index in [9.17, 15) is 28.8 Å². The first-order valence-electron chi connectivity index (χ1n) is 9.60. The zero-order chi connectivity index (χ0) is 25.3. The van der Waals surface area contributed by atoms with Gasteiger partial charge in [0.2, 0.25) is 0 Å². The molecule has 182 valence electrons. The second kappa shape index (κ2) is 12.6. The number of nitrogens with zero attached hydrogens (tertiary/aromatic N) is 1. The van der Waals surface area contributed by atoms with E-state index in [0.717, 1.165) is 46.0 Å². The fourth-order valence-corrected chi connectivity index (χ4v) is 3.57. The molecule has 12 nitrogen and oxygen atoms in total. The van der Waals surface area contributed by atoms with Crippen LogP contribution in [0.25, 0.3) is 0 Å². The Labute approximate surface area is 193 Å². The molecule has 0 aromatic carbocycles. The summed E-state index contributed by atoms with van der Waals surface area (Å²) in [5, 5.41) is 0.0872. The summed E-state index contributed by atoms with van der Waals surface area (Å²) in [7, 11) is 0. The van der Waals surface area contributed by atoms with E-state index in [1.807, 2.05) is 0 Å². The van der Waals surface area contributed by atoms with Gasteiger partial charge in [0, 0.05) is 47.7 Å². The lowest BCUT2D eigenvalue weighted by molar-refractivity contribution is -0.203. The van der Waals surface area contributed by atoms with Gasteiger partial charge < -0.3 is 23.7 Å². The summed E-state index contributed by atoms with van der Waals surface area (Å²) >= 11 is 0.864. The molecule has 1 aromatic rings. The van der Waals surface area contributed by atoms with Gasteiger partial charge in [-0.2, -0.15) is 0 Å². The van der Waals surface area contributed by atoms with Gasteiger partial charge in [-0.25, -0.2) is 4.98 Å². The molecule has 0 amide bonds. The van der Waals surface area contributed by atoms with Crippen molar-refractivity contribution in [2.24, 2.45) is 0 Å². The normalized spacial score (nSPS) is 14.1. The molecule has 0 unspecified atom stereocenters. The van der Waals surface area contributed by atoms with Crippen molar-refractivity contribution in [3.05, 3.63) is 16.1 Å². The van der Waals surface area contributed by atoms with Crippen LogP contribution in [0.15, 0.2) is 6.20 Å². The van der Waals surface area contributed by atoms with Crippen molar-refractivity contribution in [3.63, 3.8) is 0 Å². The molecule has 0 aliphatic rings. The first-order valence-corrected chi connectivity index (χ1v) is 10.4. The quantitative estimate of drug-likeness (QED) is 0.250. The van der Waals surface area contributed by atoms with E-state index in [2.05, 4.69) is 4.98 Å². The molecule has 0 saturated carbocycles. The molecule has 0 aliphatic carbocycles. The van der Waals surface area contributed by atoms with Crippen LogP contribution in [0.3, 0.4) is 0 Å². The number of carbonyl (C=O) groups is 6. The first-order chi connectivity index (χ1) is 15.3. The number of ketones is 1. The Bertz CT molecular complexity index is 910. The molecule has 0 radical (unpaired) electrons. The molecule has 0 bridgehead atoms. The molecule has 1 heterocycles. The summed E-state index contributed by atoms with van der Waals surface area (Å²) in [5.41, 5.74) is 0. The highest BCUT2D eigenvalue weighted by molar-refractivity contribution is 7.13. The number of aromatic nitrogens is 1. The zero-order valence-corrected chi connectivity index (χ0v) is 19.8. The Morgan fingerprint density at radius 1 is 0.758 bits per heavy atom. The van der Waals surface area contributed by atoms with E-state index in [4.69, 9.17) is 23.7 Å². The lowest BCUT2D eigenvalue weighted by atomic mass is 10.0. The van der Waals surface area contributed by atoms with Crippen molar-refractivity contribution in [1.82, 2.24) is 4.98 Å². The molecule has 0 fully saturated rings. The maximum absolute atomic E-state index is 11.9. The highest BCUT2D eigenvalue weighted by atomic mass is 32.1. The molecule has 4 atom stereocenters. The van der Waals surface area contributed by atoms with Gasteiger partial charge in [-0.3, -0.25) is 28.8 Å². The molecular weight excluding hydrogens is 462 g/mol. The van der Waals surface area contributed by atoms with Crippen LogP contribution in [0, 0.1) is 0 Å². The summed E-state index contributed by atoms with van der Waals surface area (Å²) in [6.07, 6.45) is -4.73. The standard InChI is InChI=1S/C20H25NO11S/c1-9(22)20-21-7-16(33-20)18(31-13(5)26)19(32-14(6)27)17(30-12(4)25)15(29-11(3)24)8-28-10(2)23/h7,15,17-19H,8H2,1-6H3/t15-,17-,18+,19-/m1/s1. The summed E-state index contributed by atoms with van der Waals surface area (Å²) in [6.45, 7) is 6.10. The second-order valence-corrected chi connectivity index (χ2v) is 7.81. The molecule has 0 N–H and O–H groups in total. The molecule has 1 rings (SSSR count). The number of rotatable bonds is 11. The fraction of sp³-hybridized carbons (Fsp3) is 0.550. The fourth-order valence-electron chi connectivity index (χ4n) is 2.69. The molecule has 0 aliphatic heterocycles. The Morgan fingerprint density at radius 3 is 1.70 bits per heavy atom. The Kier molecular flexibility index (Phi) is 10.6. The summed E-state index contributed by atoms with van der Waals surface area (Å²) in [5.74, 6) is -4.39. The Hall–Kier alpha value is -3.35.